The molecule has 1 aromatic heterocycles. The second-order valence-electron chi connectivity index (χ2n) is 8.33. The van der Waals surface area contributed by atoms with E-state index in [1.807, 2.05) is 0 Å². The molecule has 0 saturated carbocycles. The number of aromatic amines is 1. The van der Waals surface area contributed by atoms with Crippen LogP contribution in [0.1, 0.15) is 10.5 Å². The fraction of sp³-hybridized carbons (Fsp3) is 0.0870. The highest BCUT2D eigenvalue weighted by molar-refractivity contribution is 7.86. The van der Waals surface area contributed by atoms with Crippen LogP contribution in [0.3, 0.4) is 0 Å². The lowest BCUT2D eigenvalue weighted by atomic mass is 10.1. The normalized spacial score (nSPS) is 12.2. The Balaban J connectivity index is 1.86. The summed E-state index contributed by atoms with van der Waals surface area (Å²) in [6.45, 7) is 0.0117. The van der Waals surface area contributed by atoms with Gasteiger partial charge in [-0.15, -0.1) is 10.2 Å². The molecule has 6 N–H and O–H groups in total. The SMILES string of the molecule is CNCC(=O)Nc1cccc(-n2[nH]c(C(=O)O)c(N=Nc3ccc4c(S(=O)(=O)O)cccc4c3S(=O)(=O)O)c2=O)c1. The fourth-order valence-corrected chi connectivity index (χ4v) is 5.44. The van der Waals surface area contributed by atoms with Crippen molar-refractivity contribution >= 4 is 59.9 Å². The van der Waals surface area contributed by atoms with Crippen molar-refractivity contribution in [2.24, 2.45) is 10.2 Å². The van der Waals surface area contributed by atoms with Crippen molar-refractivity contribution in [3.63, 3.8) is 0 Å². The summed E-state index contributed by atoms with van der Waals surface area (Å²) in [6.07, 6.45) is 0. The Kier molecular flexibility index (Phi) is 7.86. The molecule has 0 aliphatic rings. The van der Waals surface area contributed by atoms with E-state index in [0.717, 1.165) is 35.0 Å². The van der Waals surface area contributed by atoms with Crippen molar-refractivity contribution < 1.29 is 40.6 Å². The third-order valence-electron chi connectivity index (χ3n) is 5.55. The molecule has 4 rings (SSSR count). The Morgan fingerprint density at radius 3 is 2.29 bits per heavy atom. The molecule has 4 aromatic rings. The van der Waals surface area contributed by atoms with Gasteiger partial charge in [0.15, 0.2) is 11.4 Å². The number of rotatable bonds is 9. The largest absolute Gasteiger partial charge is 0.476 e. The van der Waals surface area contributed by atoms with Gasteiger partial charge in [0.05, 0.1) is 12.2 Å². The Morgan fingerprint density at radius 1 is 0.951 bits per heavy atom. The monoisotopic (exact) mass is 604 g/mol. The number of hydrogen-bond donors (Lipinski definition) is 6. The van der Waals surface area contributed by atoms with Crippen LogP contribution in [0.5, 0.6) is 0 Å². The number of hydrogen-bond acceptors (Lipinski definition) is 10. The number of nitrogens with one attached hydrogen (secondary N) is 3. The van der Waals surface area contributed by atoms with Gasteiger partial charge < -0.3 is 15.7 Å². The molecule has 214 valence electrons. The number of likely N-dealkylation sites (N-methyl/N-ethyl adjacent to an activating group) is 1. The number of aromatic nitrogens is 2. The van der Waals surface area contributed by atoms with Crippen molar-refractivity contribution in [1.82, 2.24) is 15.1 Å². The van der Waals surface area contributed by atoms with E-state index in [9.17, 15) is 45.4 Å². The minimum Gasteiger partial charge on any atom is -0.476 e. The van der Waals surface area contributed by atoms with E-state index in [-0.39, 0.29) is 28.9 Å². The molecule has 0 radical (unpaired) electrons. The predicted molar refractivity (Wildman–Crippen MR) is 144 cm³/mol. The highest BCUT2D eigenvalue weighted by Crippen LogP contribution is 2.36. The first-order valence-corrected chi connectivity index (χ1v) is 14.2. The summed E-state index contributed by atoms with van der Waals surface area (Å²) in [7, 11) is -8.31. The van der Waals surface area contributed by atoms with E-state index >= 15 is 0 Å². The summed E-state index contributed by atoms with van der Waals surface area (Å²) in [5, 5.41) is 24.0. The number of carbonyl (C=O) groups excluding carboxylic acids is 1. The summed E-state index contributed by atoms with van der Waals surface area (Å²) >= 11 is 0. The minimum absolute atomic E-state index is 0.0117. The number of H-pyrrole nitrogens is 1. The van der Waals surface area contributed by atoms with Gasteiger partial charge in [-0.25, -0.2) is 9.48 Å². The molecule has 41 heavy (non-hydrogen) atoms. The number of nitrogens with zero attached hydrogens (tertiary/aromatic N) is 3. The van der Waals surface area contributed by atoms with E-state index in [2.05, 4.69) is 26.0 Å². The molecule has 0 bridgehead atoms. The molecule has 0 unspecified atom stereocenters. The second-order valence-corrected chi connectivity index (χ2v) is 11.1. The molecule has 0 fully saturated rings. The van der Waals surface area contributed by atoms with Gasteiger partial charge in [-0.2, -0.15) is 16.8 Å². The molecule has 1 amide bonds. The standard InChI is InChI=1S/C23H20N6O10S2/c1-24-11-18(30)25-12-4-2-5-13(10-12)29-22(31)19(20(28-29)23(32)33)27-26-16-9-8-14-15(21(16)41(37,38)39)6-3-7-17(14)40(34,35)36/h2-10,24,28H,11H2,1H3,(H,25,30)(H,32,33)(H,34,35,36)(H,37,38,39). The molecule has 0 saturated heterocycles. The molecule has 0 spiro atoms. The average molecular weight is 605 g/mol. The lowest BCUT2D eigenvalue weighted by molar-refractivity contribution is -0.115. The number of anilines is 1. The number of amides is 1. The number of benzene rings is 3. The molecule has 0 aliphatic heterocycles. The van der Waals surface area contributed by atoms with Crippen LogP contribution in [0, 0.1) is 0 Å². The van der Waals surface area contributed by atoms with Gasteiger partial charge in [0.1, 0.15) is 15.5 Å². The lowest BCUT2D eigenvalue weighted by Gasteiger charge is -2.09. The first-order valence-electron chi connectivity index (χ1n) is 11.3. The van der Waals surface area contributed by atoms with Crippen molar-refractivity contribution in [1.29, 1.82) is 0 Å². The van der Waals surface area contributed by atoms with Crippen LogP contribution in [-0.4, -0.2) is 66.3 Å². The van der Waals surface area contributed by atoms with E-state index in [0.29, 0.717) is 5.69 Å². The highest BCUT2D eigenvalue weighted by Gasteiger charge is 2.25. The average Bonchev–Trinajstić information content (AvgIpc) is 3.22. The third-order valence-corrected chi connectivity index (χ3v) is 7.41. The van der Waals surface area contributed by atoms with E-state index in [1.54, 1.807) is 7.05 Å². The Labute approximate surface area is 230 Å². The first-order chi connectivity index (χ1) is 19.2. The minimum atomic E-state index is -5.10. The number of azo groups is 1. The van der Waals surface area contributed by atoms with Gasteiger partial charge in [-0.1, -0.05) is 24.3 Å². The second kappa shape index (κ2) is 11.0. The summed E-state index contributed by atoms with van der Waals surface area (Å²) in [6, 6.07) is 11.1. The van der Waals surface area contributed by atoms with Crippen LogP contribution in [0.2, 0.25) is 0 Å². The maximum absolute atomic E-state index is 13.2. The van der Waals surface area contributed by atoms with E-state index in [1.165, 1.54) is 24.3 Å². The third kappa shape index (κ3) is 6.05. The van der Waals surface area contributed by atoms with Crippen LogP contribution in [0.25, 0.3) is 16.5 Å². The van der Waals surface area contributed by atoms with Gasteiger partial charge in [0.2, 0.25) is 5.91 Å². The highest BCUT2D eigenvalue weighted by atomic mass is 32.2. The zero-order valence-corrected chi connectivity index (χ0v) is 22.4. The van der Waals surface area contributed by atoms with Crippen molar-refractivity contribution in [2.45, 2.75) is 9.79 Å². The van der Waals surface area contributed by atoms with Crippen molar-refractivity contribution in [3.8, 4) is 5.69 Å². The fourth-order valence-electron chi connectivity index (χ4n) is 3.91. The van der Waals surface area contributed by atoms with Crippen LogP contribution in [-0.2, 0) is 25.0 Å². The summed E-state index contributed by atoms with van der Waals surface area (Å²) < 4.78 is 68.2. The van der Waals surface area contributed by atoms with Gasteiger partial charge in [-0.3, -0.25) is 23.8 Å². The lowest BCUT2D eigenvalue weighted by Crippen LogP contribution is -2.25. The molecular formula is C23H20N6O10S2. The number of carbonyl (C=O) groups is 2. The molecule has 18 heteroatoms. The topological polar surface area (TPSA) is 250 Å². The molecule has 0 aliphatic carbocycles. The van der Waals surface area contributed by atoms with E-state index < -0.39 is 58.6 Å². The van der Waals surface area contributed by atoms with Crippen LogP contribution >= 0.6 is 0 Å². The molecule has 0 atom stereocenters. The Bertz CT molecular complexity index is 2010. The number of carboxylic acid groups (broad SMARTS) is 1. The van der Waals surface area contributed by atoms with Crippen LogP contribution < -0.4 is 16.2 Å². The Hall–Kier alpha value is -4.75. The zero-order valence-electron chi connectivity index (χ0n) is 20.8. The van der Waals surface area contributed by atoms with Gasteiger partial charge in [-0.05, 0) is 37.4 Å². The number of fused-ring (bicyclic) bond motifs is 1. The summed E-state index contributed by atoms with van der Waals surface area (Å²) in [5.74, 6) is -1.99. The predicted octanol–water partition coefficient (Wildman–Crippen LogP) is 2.08. The van der Waals surface area contributed by atoms with Crippen molar-refractivity contribution in [3.05, 3.63) is 70.6 Å². The van der Waals surface area contributed by atoms with Crippen molar-refractivity contribution in [2.75, 3.05) is 18.9 Å². The van der Waals surface area contributed by atoms with Gasteiger partial charge >= 0.3 is 5.97 Å². The van der Waals surface area contributed by atoms with E-state index in [4.69, 9.17) is 0 Å². The molecule has 16 nitrogen and oxygen atoms in total. The zero-order chi connectivity index (χ0) is 30.1. The number of carboxylic acids is 1. The molecular weight excluding hydrogens is 584 g/mol. The first kappa shape index (κ1) is 29.2. The molecule has 1 heterocycles. The maximum atomic E-state index is 13.2. The number of aromatic carboxylic acids is 1. The quantitative estimate of drug-likeness (QED) is 0.119. The molecule has 3 aromatic carbocycles. The van der Waals surface area contributed by atoms with Gasteiger partial charge in [0.25, 0.3) is 25.8 Å². The Morgan fingerprint density at radius 2 is 1.66 bits per heavy atom. The van der Waals surface area contributed by atoms with Gasteiger partial charge in [0, 0.05) is 16.5 Å². The van der Waals surface area contributed by atoms with Crippen LogP contribution in [0.4, 0.5) is 17.1 Å². The smallest absolute Gasteiger partial charge is 0.356 e. The summed E-state index contributed by atoms with van der Waals surface area (Å²) in [5.41, 5.74) is -2.62. The summed E-state index contributed by atoms with van der Waals surface area (Å²) in [4.78, 5) is 35.4. The van der Waals surface area contributed by atoms with Crippen LogP contribution in [0.15, 0.2) is 79.4 Å². The maximum Gasteiger partial charge on any atom is 0.356 e.